The smallest absolute Gasteiger partial charge is 0.290 e. The van der Waals surface area contributed by atoms with Gasteiger partial charge in [0.2, 0.25) is 0 Å². The molecule has 7 heteroatoms. The third-order valence-corrected chi connectivity index (χ3v) is 3.09. The summed E-state index contributed by atoms with van der Waals surface area (Å²) in [5, 5.41) is 13.2. The Labute approximate surface area is 120 Å². The van der Waals surface area contributed by atoms with Crippen molar-refractivity contribution in [2.75, 3.05) is 6.54 Å². The quantitative estimate of drug-likeness (QED) is 0.391. The van der Waals surface area contributed by atoms with Crippen LogP contribution in [0.25, 0.3) is 0 Å². The van der Waals surface area contributed by atoms with Gasteiger partial charge in [0, 0.05) is 18.2 Å². The number of halogens is 2. The molecule has 102 valence electrons. The standard InChI is InChI=1S/C12H12Cl2N2O3/c1-2-3-4-5-15-12(17)8-6-9(13)11(14)10(7-8)16(18)19/h2-3,6-7H,4-5H2,1H3,(H,15,17)/b3-2+. The number of amides is 1. The molecule has 0 unspecified atom stereocenters. The molecule has 0 aliphatic heterocycles. The van der Waals surface area contributed by atoms with Crippen molar-refractivity contribution in [3.05, 3.63) is 50.0 Å². The van der Waals surface area contributed by atoms with Crippen LogP contribution < -0.4 is 5.32 Å². The molecule has 0 bridgehead atoms. The molecule has 0 fully saturated rings. The molecule has 19 heavy (non-hydrogen) atoms. The van der Waals surface area contributed by atoms with E-state index in [9.17, 15) is 14.9 Å². The summed E-state index contributed by atoms with van der Waals surface area (Å²) in [6.07, 6.45) is 4.46. The lowest BCUT2D eigenvalue weighted by molar-refractivity contribution is -0.384. The van der Waals surface area contributed by atoms with Gasteiger partial charge in [0.1, 0.15) is 5.02 Å². The summed E-state index contributed by atoms with van der Waals surface area (Å²) in [6, 6.07) is 2.42. The Morgan fingerprint density at radius 3 is 2.74 bits per heavy atom. The van der Waals surface area contributed by atoms with Crippen molar-refractivity contribution in [3.63, 3.8) is 0 Å². The van der Waals surface area contributed by atoms with Crippen LogP contribution in [0.15, 0.2) is 24.3 Å². The van der Waals surface area contributed by atoms with Crippen LogP contribution in [-0.2, 0) is 0 Å². The number of rotatable bonds is 5. The first kappa shape index (κ1) is 15.5. The number of carbonyl (C=O) groups excluding carboxylic acids is 1. The van der Waals surface area contributed by atoms with Crippen molar-refractivity contribution in [1.29, 1.82) is 0 Å². The number of hydrogen-bond acceptors (Lipinski definition) is 3. The first-order valence-electron chi connectivity index (χ1n) is 5.50. The Kier molecular flexibility index (Phi) is 5.79. The highest BCUT2D eigenvalue weighted by Crippen LogP contribution is 2.32. The molecule has 0 aliphatic carbocycles. The third kappa shape index (κ3) is 4.22. The van der Waals surface area contributed by atoms with Gasteiger partial charge in [0.05, 0.1) is 9.95 Å². The zero-order chi connectivity index (χ0) is 14.4. The van der Waals surface area contributed by atoms with Crippen LogP contribution in [-0.4, -0.2) is 17.4 Å². The molecule has 0 saturated carbocycles. The minimum absolute atomic E-state index is 0.0190. The van der Waals surface area contributed by atoms with E-state index in [-0.39, 0.29) is 21.3 Å². The summed E-state index contributed by atoms with van der Waals surface area (Å²) in [5.41, 5.74) is -0.269. The normalized spacial score (nSPS) is 10.7. The fourth-order valence-electron chi connectivity index (χ4n) is 1.38. The van der Waals surface area contributed by atoms with Crippen molar-refractivity contribution >= 4 is 34.8 Å². The van der Waals surface area contributed by atoms with Gasteiger partial charge < -0.3 is 5.32 Å². The van der Waals surface area contributed by atoms with Gasteiger partial charge in [0.25, 0.3) is 11.6 Å². The number of hydrogen-bond donors (Lipinski definition) is 1. The Morgan fingerprint density at radius 1 is 1.47 bits per heavy atom. The molecule has 1 amide bonds. The minimum atomic E-state index is -0.676. The maximum atomic E-state index is 11.8. The second-order valence-corrected chi connectivity index (χ2v) is 4.45. The number of nitrogens with one attached hydrogen (secondary N) is 1. The highest BCUT2D eigenvalue weighted by molar-refractivity contribution is 6.43. The maximum Gasteiger partial charge on any atom is 0.290 e. The van der Waals surface area contributed by atoms with Gasteiger partial charge in [-0.1, -0.05) is 35.4 Å². The van der Waals surface area contributed by atoms with E-state index in [1.165, 1.54) is 6.07 Å². The molecule has 0 saturated heterocycles. The van der Waals surface area contributed by atoms with Crippen LogP contribution in [0.5, 0.6) is 0 Å². The van der Waals surface area contributed by atoms with Gasteiger partial charge >= 0.3 is 0 Å². The molecule has 0 heterocycles. The van der Waals surface area contributed by atoms with Crippen LogP contribution in [0.3, 0.4) is 0 Å². The van der Waals surface area contributed by atoms with Crippen LogP contribution in [0, 0.1) is 10.1 Å². The number of nitro groups is 1. The molecule has 1 rings (SSSR count). The van der Waals surface area contributed by atoms with Gasteiger partial charge in [-0.2, -0.15) is 0 Å². The first-order chi connectivity index (χ1) is 8.97. The van der Waals surface area contributed by atoms with Gasteiger partial charge in [-0.25, -0.2) is 0 Å². The van der Waals surface area contributed by atoms with E-state index in [2.05, 4.69) is 5.32 Å². The minimum Gasteiger partial charge on any atom is -0.352 e. The average molecular weight is 303 g/mol. The van der Waals surface area contributed by atoms with Crippen LogP contribution in [0.4, 0.5) is 5.69 Å². The second kappa shape index (κ2) is 7.11. The summed E-state index contributed by atoms with van der Waals surface area (Å²) in [4.78, 5) is 21.9. The molecule has 0 atom stereocenters. The number of nitro benzene ring substituents is 1. The molecule has 0 radical (unpaired) electrons. The highest BCUT2D eigenvalue weighted by atomic mass is 35.5. The van der Waals surface area contributed by atoms with E-state index in [4.69, 9.17) is 23.2 Å². The van der Waals surface area contributed by atoms with Crippen molar-refractivity contribution < 1.29 is 9.72 Å². The first-order valence-corrected chi connectivity index (χ1v) is 6.25. The highest BCUT2D eigenvalue weighted by Gasteiger charge is 2.19. The van der Waals surface area contributed by atoms with E-state index < -0.39 is 10.8 Å². The second-order valence-electron chi connectivity index (χ2n) is 3.66. The Balaban J connectivity index is 2.89. The summed E-state index contributed by atoms with van der Waals surface area (Å²) in [7, 11) is 0. The van der Waals surface area contributed by atoms with Crippen LogP contribution in [0.1, 0.15) is 23.7 Å². The molecule has 0 aliphatic rings. The number of carbonyl (C=O) groups is 1. The van der Waals surface area contributed by atoms with Gasteiger partial charge in [0.15, 0.2) is 0 Å². The van der Waals surface area contributed by atoms with Crippen LogP contribution in [0.2, 0.25) is 10.0 Å². The maximum absolute atomic E-state index is 11.8. The molecule has 1 aromatic rings. The molecule has 0 aromatic heterocycles. The fourth-order valence-corrected chi connectivity index (χ4v) is 1.77. The van der Waals surface area contributed by atoms with E-state index in [0.29, 0.717) is 13.0 Å². The van der Waals surface area contributed by atoms with Gasteiger partial charge in [-0.3, -0.25) is 14.9 Å². The van der Waals surface area contributed by atoms with Gasteiger partial charge in [-0.15, -0.1) is 0 Å². The van der Waals surface area contributed by atoms with Crippen molar-refractivity contribution in [1.82, 2.24) is 5.32 Å². The SMILES string of the molecule is C/C=C/CCNC(=O)c1cc(Cl)c(Cl)c([N+](=O)[O-])c1. The Hall–Kier alpha value is -1.59. The Morgan fingerprint density at radius 2 is 2.16 bits per heavy atom. The van der Waals surface area contributed by atoms with Crippen molar-refractivity contribution in [2.45, 2.75) is 13.3 Å². The zero-order valence-electron chi connectivity index (χ0n) is 10.2. The number of benzene rings is 1. The van der Waals surface area contributed by atoms with Crippen molar-refractivity contribution in [2.24, 2.45) is 0 Å². The number of allylic oxidation sites excluding steroid dienone is 1. The predicted octanol–water partition coefficient (Wildman–Crippen LogP) is 3.60. The molecular weight excluding hydrogens is 291 g/mol. The van der Waals surface area contributed by atoms with E-state index in [1.807, 2.05) is 19.1 Å². The topological polar surface area (TPSA) is 72.2 Å². The summed E-state index contributed by atoms with van der Waals surface area (Å²) in [6.45, 7) is 2.32. The van der Waals surface area contributed by atoms with Gasteiger partial charge in [-0.05, 0) is 19.4 Å². The molecular formula is C12H12Cl2N2O3. The molecule has 0 spiro atoms. The fraction of sp³-hybridized carbons (Fsp3) is 0.250. The lowest BCUT2D eigenvalue weighted by atomic mass is 10.2. The van der Waals surface area contributed by atoms with E-state index in [0.717, 1.165) is 6.07 Å². The molecule has 1 aromatic carbocycles. The predicted molar refractivity (Wildman–Crippen MR) is 74.9 cm³/mol. The van der Waals surface area contributed by atoms with Crippen molar-refractivity contribution in [3.8, 4) is 0 Å². The molecule has 1 N–H and O–H groups in total. The lowest BCUT2D eigenvalue weighted by Gasteiger charge is -2.05. The summed E-state index contributed by atoms with van der Waals surface area (Å²) < 4.78 is 0. The summed E-state index contributed by atoms with van der Waals surface area (Å²) in [5.74, 6) is -0.425. The monoisotopic (exact) mass is 302 g/mol. The van der Waals surface area contributed by atoms with E-state index in [1.54, 1.807) is 0 Å². The van der Waals surface area contributed by atoms with E-state index >= 15 is 0 Å². The third-order valence-electron chi connectivity index (χ3n) is 2.30. The largest absolute Gasteiger partial charge is 0.352 e. The zero-order valence-corrected chi connectivity index (χ0v) is 11.7. The number of nitrogens with zero attached hydrogens (tertiary/aromatic N) is 1. The van der Waals surface area contributed by atoms with Crippen LogP contribution >= 0.6 is 23.2 Å². The average Bonchev–Trinajstić information content (AvgIpc) is 2.37. The Bertz CT molecular complexity index is 530. The molecule has 5 nitrogen and oxygen atoms in total. The lowest BCUT2D eigenvalue weighted by Crippen LogP contribution is -2.24. The summed E-state index contributed by atoms with van der Waals surface area (Å²) >= 11 is 11.5.